The number of fused-ring (bicyclic) bond motifs is 1. The molecule has 6 heteroatoms. The average molecular weight is 323 g/mol. The van der Waals surface area contributed by atoms with E-state index < -0.39 is 5.60 Å². The maximum absolute atomic E-state index is 11.1. The lowest BCUT2D eigenvalue weighted by Crippen LogP contribution is -2.31. The van der Waals surface area contributed by atoms with Crippen LogP contribution in [0.2, 0.25) is 0 Å². The Labute approximate surface area is 140 Å². The molecule has 1 saturated heterocycles. The first-order valence-corrected chi connectivity index (χ1v) is 8.19. The maximum Gasteiger partial charge on any atom is 0.163 e. The lowest BCUT2D eigenvalue weighted by molar-refractivity contribution is 0.0606. The van der Waals surface area contributed by atoms with Crippen LogP contribution in [0.3, 0.4) is 0 Å². The van der Waals surface area contributed by atoms with Crippen LogP contribution in [0.1, 0.15) is 23.5 Å². The summed E-state index contributed by atoms with van der Waals surface area (Å²) in [4.78, 5) is 11.3. The Hall–Kier alpha value is -2.47. The molecule has 1 unspecified atom stereocenters. The number of benzene rings is 1. The second-order valence-electron chi connectivity index (χ2n) is 6.57. The predicted octanol–water partition coefficient (Wildman–Crippen LogP) is 2.08. The molecule has 0 aliphatic carbocycles. The number of aliphatic hydroxyl groups is 1. The molecule has 3 aromatic rings. The summed E-state index contributed by atoms with van der Waals surface area (Å²) in [7, 11) is 1.90. The van der Waals surface area contributed by atoms with Crippen molar-refractivity contribution in [1.29, 1.82) is 0 Å². The van der Waals surface area contributed by atoms with Gasteiger partial charge in [-0.05, 0) is 25.8 Å². The van der Waals surface area contributed by atoms with E-state index in [9.17, 15) is 5.11 Å². The minimum atomic E-state index is -0.845. The molecule has 1 fully saturated rings. The number of hydrogen-bond donors (Lipinski definition) is 1. The van der Waals surface area contributed by atoms with Gasteiger partial charge in [0, 0.05) is 13.6 Å². The van der Waals surface area contributed by atoms with Gasteiger partial charge in [-0.15, -0.1) is 0 Å². The predicted molar refractivity (Wildman–Crippen MR) is 92.9 cm³/mol. The van der Waals surface area contributed by atoms with E-state index in [2.05, 4.69) is 20.0 Å². The van der Waals surface area contributed by atoms with Crippen LogP contribution in [0.15, 0.2) is 30.3 Å². The van der Waals surface area contributed by atoms with Gasteiger partial charge in [0.15, 0.2) is 5.65 Å². The molecule has 1 atom stereocenters. The summed E-state index contributed by atoms with van der Waals surface area (Å²) in [6.07, 6.45) is 0.681. The largest absolute Gasteiger partial charge is 0.383 e. The first-order valence-electron chi connectivity index (χ1n) is 8.19. The van der Waals surface area contributed by atoms with E-state index in [1.807, 2.05) is 51.2 Å². The van der Waals surface area contributed by atoms with Gasteiger partial charge in [0.05, 0.1) is 17.6 Å². The monoisotopic (exact) mass is 323 g/mol. The van der Waals surface area contributed by atoms with Crippen LogP contribution in [0, 0.1) is 13.8 Å². The molecular formula is C18H21N5O. The molecule has 3 heterocycles. The van der Waals surface area contributed by atoms with Gasteiger partial charge >= 0.3 is 0 Å². The third kappa shape index (κ3) is 2.26. The van der Waals surface area contributed by atoms with Crippen LogP contribution in [0.25, 0.3) is 11.0 Å². The van der Waals surface area contributed by atoms with Crippen molar-refractivity contribution in [3.63, 3.8) is 0 Å². The number of aryl methyl sites for hydroxylation is 3. The minimum Gasteiger partial charge on any atom is -0.383 e. The minimum absolute atomic E-state index is 0.525. The van der Waals surface area contributed by atoms with Crippen molar-refractivity contribution < 1.29 is 5.11 Å². The van der Waals surface area contributed by atoms with Crippen molar-refractivity contribution >= 4 is 16.9 Å². The van der Waals surface area contributed by atoms with E-state index in [0.29, 0.717) is 13.0 Å². The molecule has 2 aromatic heterocycles. The number of rotatable bonds is 2. The Bertz CT molecular complexity index is 905. The van der Waals surface area contributed by atoms with Gasteiger partial charge in [-0.1, -0.05) is 30.3 Å². The number of nitrogens with zero attached hydrogens (tertiary/aromatic N) is 5. The van der Waals surface area contributed by atoms with Crippen molar-refractivity contribution in [2.24, 2.45) is 7.05 Å². The molecule has 0 spiro atoms. The Kier molecular flexibility index (Phi) is 3.31. The normalized spacial score (nSPS) is 20.9. The molecule has 1 aliphatic rings. The zero-order chi connectivity index (χ0) is 16.9. The van der Waals surface area contributed by atoms with Crippen LogP contribution in [-0.4, -0.2) is 37.9 Å². The lowest BCUT2D eigenvalue weighted by Gasteiger charge is -2.24. The second-order valence-corrected chi connectivity index (χ2v) is 6.57. The molecule has 24 heavy (non-hydrogen) atoms. The zero-order valence-electron chi connectivity index (χ0n) is 14.2. The molecule has 6 nitrogen and oxygen atoms in total. The quantitative estimate of drug-likeness (QED) is 0.782. The highest BCUT2D eigenvalue weighted by molar-refractivity contribution is 5.90. The first-order chi connectivity index (χ1) is 11.5. The fourth-order valence-corrected chi connectivity index (χ4v) is 3.61. The van der Waals surface area contributed by atoms with Gasteiger partial charge in [-0.2, -0.15) is 5.10 Å². The molecule has 1 aromatic carbocycles. The summed E-state index contributed by atoms with van der Waals surface area (Å²) in [5.74, 6) is 1.59. The van der Waals surface area contributed by atoms with E-state index in [0.717, 1.165) is 40.5 Å². The number of anilines is 1. The number of hydrogen-bond acceptors (Lipinski definition) is 5. The van der Waals surface area contributed by atoms with Gasteiger partial charge in [0.25, 0.3) is 0 Å². The van der Waals surface area contributed by atoms with E-state index in [-0.39, 0.29) is 0 Å². The molecule has 4 rings (SSSR count). The molecule has 124 valence electrons. The van der Waals surface area contributed by atoms with Crippen LogP contribution in [0.5, 0.6) is 0 Å². The maximum atomic E-state index is 11.1. The molecule has 0 saturated carbocycles. The van der Waals surface area contributed by atoms with Gasteiger partial charge < -0.3 is 10.0 Å². The highest BCUT2D eigenvalue weighted by Gasteiger charge is 2.39. The highest BCUT2D eigenvalue weighted by Crippen LogP contribution is 2.36. The fraction of sp³-hybridized carbons (Fsp3) is 0.389. The van der Waals surface area contributed by atoms with Crippen molar-refractivity contribution in [3.8, 4) is 0 Å². The second kappa shape index (κ2) is 5.27. The summed E-state index contributed by atoms with van der Waals surface area (Å²) in [6, 6.07) is 9.87. The lowest BCUT2D eigenvalue weighted by atomic mass is 9.93. The van der Waals surface area contributed by atoms with Crippen molar-refractivity contribution in [2.45, 2.75) is 25.9 Å². The number of β-amino-alcohol motifs (C(OH)–C–C–N with tert-alkyl or cyclic N) is 1. The van der Waals surface area contributed by atoms with Crippen LogP contribution in [-0.2, 0) is 12.6 Å². The third-order valence-corrected chi connectivity index (χ3v) is 4.81. The van der Waals surface area contributed by atoms with E-state index in [1.165, 1.54) is 0 Å². The third-order valence-electron chi connectivity index (χ3n) is 4.81. The summed E-state index contributed by atoms with van der Waals surface area (Å²) in [5.41, 5.74) is 1.86. The molecule has 0 amide bonds. The van der Waals surface area contributed by atoms with E-state index >= 15 is 0 Å². The SMILES string of the molecule is Cc1nc(N2CCC(O)(c3ccccc3)C2)c2c(C)nn(C)c2n1. The average Bonchev–Trinajstić information content (AvgIpc) is 3.10. The Morgan fingerprint density at radius 1 is 1.12 bits per heavy atom. The van der Waals surface area contributed by atoms with E-state index in [1.54, 1.807) is 4.68 Å². The summed E-state index contributed by atoms with van der Waals surface area (Å²) < 4.78 is 1.79. The Balaban J connectivity index is 1.77. The van der Waals surface area contributed by atoms with Gasteiger partial charge in [0.2, 0.25) is 0 Å². The Morgan fingerprint density at radius 2 is 1.88 bits per heavy atom. The molecular weight excluding hydrogens is 302 g/mol. The smallest absolute Gasteiger partial charge is 0.163 e. The first kappa shape index (κ1) is 15.1. The van der Waals surface area contributed by atoms with Crippen molar-refractivity contribution in [1.82, 2.24) is 19.7 Å². The van der Waals surface area contributed by atoms with Gasteiger partial charge in [-0.25, -0.2) is 9.97 Å². The topological polar surface area (TPSA) is 67.1 Å². The van der Waals surface area contributed by atoms with Gasteiger partial charge in [0.1, 0.15) is 17.2 Å². The molecule has 1 N–H and O–H groups in total. The number of aromatic nitrogens is 4. The van der Waals surface area contributed by atoms with E-state index in [4.69, 9.17) is 0 Å². The summed E-state index contributed by atoms with van der Waals surface area (Å²) in [5, 5.41) is 16.6. The van der Waals surface area contributed by atoms with Gasteiger partial charge in [-0.3, -0.25) is 4.68 Å². The molecule has 0 bridgehead atoms. The Morgan fingerprint density at radius 3 is 2.62 bits per heavy atom. The summed E-state index contributed by atoms with van der Waals surface area (Å²) in [6.45, 7) is 5.15. The van der Waals surface area contributed by atoms with Crippen LogP contribution in [0.4, 0.5) is 5.82 Å². The molecule has 1 aliphatic heterocycles. The van der Waals surface area contributed by atoms with Crippen LogP contribution < -0.4 is 4.90 Å². The van der Waals surface area contributed by atoms with Crippen molar-refractivity contribution in [2.75, 3.05) is 18.0 Å². The summed E-state index contributed by atoms with van der Waals surface area (Å²) >= 11 is 0. The highest BCUT2D eigenvalue weighted by atomic mass is 16.3. The molecule has 0 radical (unpaired) electrons. The van der Waals surface area contributed by atoms with Crippen LogP contribution >= 0.6 is 0 Å². The van der Waals surface area contributed by atoms with Crippen molar-refractivity contribution in [3.05, 3.63) is 47.4 Å². The zero-order valence-corrected chi connectivity index (χ0v) is 14.2. The standard InChI is InChI=1S/C18H21N5O/c1-12-15-16(22(3)21-12)19-13(2)20-17(15)23-10-9-18(24,11-23)14-7-5-4-6-8-14/h4-8,24H,9-11H2,1-3H3. The fourth-order valence-electron chi connectivity index (χ4n) is 3.61.